The zero-order valence-corrected chi connectivity index (χ0v) is 12.4. The van der Waals surface area contributed by atoms with Gasteiger partial charge in [-0.05, 0) is 26.3 Å². The van der Waals surface area contributed by atoms with Gasteiger partial charge in [0.2, 0.25) is 5.91 Å². The molecule has 2 N–H and O–H groups in total. The highest BCUT2D eigenvalue weighted by atomic mass is 32.1. The number of hydrogen-bond acceptors (Lipinski definition) is 5. The van der Waals surface area contributed by atoms with Gasteiger partial charge in [0, 0.05) is 11.3 Å². The molecule has 7 heteroatoms. The van der Waals surface area contributed by atoms with Gasteiger partial charge in [0.05, 0.1) is 18.6 Å². The maximum absolute atomic E-state index is 11.9. The Morgan fingerprint density at radius 3 is 2.45 bits per heavy atom. The zero-order valence-electron chi connectivity index (χ0n) is 11.6. The van der Waals surface area contributed by atoms with Crippen molar-refractivity contribution in [1.82, 2.24) is 0 Å². The third kappa shape index (κ3) is 4.06. The zero-order chi connectivity index (χ0) is 15.3. The summed E-state index contributed by atoms with van der Waals surface area (Å²) >= 11 is 1.28. The molecule has 0 saturated carbocycles. The van der Waals surface area contributed by atoms with Crippen LogP contribution in [0, 0.1) is 13.8 Å². The minimum Gasteiger partial charge on any atom is -0.481 e. The number of carbonyl (C=O) groups excluding carboxylic acids is 2. The van der Waals surface area contributed by atoms with Crippen molar-refractivity contribution >= 4 is 34.2 Å². The van der Waals surface area contributed by atoms with Crippen molar-refractivity contribution in [2.24, 2.45) is 0 Å². The Bertz CT molecular complexity index is 535. The first kappa shape index (κ1) is 16.2. The van der Waals surface area contributed by atoms with Crippen molar-refractivity contribution in [3.05, 3.63) is 16.0 Å². The predicted octanol–water partition coefficient (Wildman–Crippen LogP) is 2.34. The van der Waals surface area contributed by atoms with Gasteiger partial charge in [-0.3, -0.25) is 9.59 Å². The van der Waals surface area contributed by atoms with Crippen LogP contribution < -0.4 is 5.32 Å². The van der Waals surface area contributed by atoms with Crippen LogP contribution in [0.1, 0.15) is 40.6 Å². The van der Waals surface area contributed by atoms with E-state index in [0.717, 1.165) is 10.4 Å². The second-order valence-electron chi connectivity index (χ2n) is 4.15. The van der Waals surface area contributed by atoms with E-state index in [0.29, 0.717) is 10.6 Å². The van der Waals surface area contributed by atoms with Crippen LogP contribution in [0.15, 0.2) is 0 Å². The molecular weight excluding hydrogens is 282 g/mol. The molecule has 1 rings (SSSR count). The molecule has 0 bridgehead atoms. The molecule has 0 aliphatic carbocycles. The van der Waals surface area contributed by atoms with E-state index in [9.17, 15) is 14.4 Å². The third-order valence-corrected chi connectivity index (χ3v) is 3.81. The number of ether oxygens (including phenoxy) is 1. The van der Waals surface area contributed by atoms with E-state index in [1.54, 1.807) is 13.8 Å². The van der Waals surface area contributed by atoms with Gasteiger partial charge < -0.3 is 15.2 Å². The Kier molecular flexibility index (Phi) is 5.69. The summed E-state index contributed by atoms with van der Waals surface area (Å²) in [5.41, 5.74) is 1.11. The summed E-state index contributed by atoms with van der Waals surface area (Å²) in [6.45, 7) is 5.58. The number of hydrogen-bond donors (Lipinski definition) is 2. The highest BCUT2D eigenvalue weighted by Gasteiger charge is 2.22. The van der Waals surface area contributed by atoms with Crippen LogP contribution in [0.25, 0.3) is 0 Å². The lowest BCUT2D eigenvalue weighted by Crippen LogP contribution is -2.15. The number of thiophene rings is 1. The molecule has 0 aromatic carbocycles. The second kappa shape index (κ2) is 7.04. The molecule has 0 unspecified atom stereocenters. The molecule has 20 heavy (non-hydrogen) atoms. The number of carboxylic acids is 1. The molecule has 1 aromatic rings. The number of nitrogens with one attached hydrogen (secondary N) is 1. The number of aryl methyl sites for hydroxylation is 1. The van der Waals surface area contributed by atoms with Crippen LogP contribution in [0.4, 0.5) is 5.00 Å². The van der Waals surface area contributed by atoms with Crippen LogP contribution in [0.2, 0.25) is 0 Å². The topological polar surface area (TPSA) is 92.7 Å². The fourth-order valence-electron chi connectivity index (χ4n) is 1.57. The summed E-state index contributed by atoms with van der Waals surface area (Å²) < 4.78 is 4.96. The first-order valence-corrected chi connectivity index (χ1v) is 6.97. The van der Waals surface area contributed by atoms with Gasteiger partial charge in [-0.15, -0.1) is 11.3 Å². The third-order valence-electron chi connectivity index (χ3n) is 2.68. The van der Waals surface area contributed by atoms with Gasteiger partial charge in [-0.2, -0.15) is 0 Å². The lowest BCUT2D eigenvalue weighted by molar-refractivity contribution is -0.138. The largest absolute Gasteiger partial charge is 0.481 e. The number of anilines is 1. The first-order valence-electron chi connectivity index (χ1n) is 6.15. The highest BCUT2D eigenvalue weighted by Crippen LogP contribution is 2.33. The monoisotopic (exact) mass is 299 g/mol. The number of esters is 1. The van der Waals surface area contributed by atoms with Crippen molar-refractivity contribution in [3.8, 4) is 0 Å². The average Bonchev–Trinajstić information content (AvgIpc) is 2.62. The summed E-state index contributed by atoms with van der Waals surface area (Å²) in [7, 11) is 0. The molecule has 1 amide bonds. The van der Waals surface area contributed by atoms with Crippen molar-refractivity contribution < 1.29 is 24.2 Å². The predicted molar refractivity (Wildman–Crippen MR) is 75.2 cm³/mol. The fourth-order valence-corrected chi connectivity index (χ4v) is 2.64. The standard InChI is InChI=1S/C13H17NO5S/c1-4-19-13(18)11-7(2)8(3)20-12(11)14-9(15)5-6-10(16)17/h4-6H2,1-3H3,(H,14,15)(H,16,17). The number of carbonyl (C=O) groups is 3. The van der Waals surface area contributed by atoms with Crippen LogP contribution in [-0.4, -0.2) is 29.6 Å². The van der Waals surface area contributed by atoms with Crippen molar-refractivity contribution in [2.75, 3.05) is 11.9 Å². The molecule has 0 aliphatic heterocycles. The van der Waals surface area contributed by atoms with Crippen LogP contribution in [0.3, 0.4) is 0 Å². The summed E-state index contributed by atoms with van der Waals surface area (Å²) in [5, 5.41) is 11.5. The Hall–Kier alpha value is -1.89. The van der Waals surface area contributed by atoms with Gasteiger partial charge in [0.15, 0.2) is 0 Å². The number of aliphatic carboxylic acids is 1. The number of carboxylic acid groups (broad SMARTS) is 1. The Labute approximate surface area is 120 Å². The second-order valence-corrected chi connectivity index (χ2v) is 5.37. The van der Waals surface area contributed by atoms with E-state index in [2.05, 4.69) is 5.32 Å². The van der Waals surface area contributed by atoms with Gasteiger partial charge in [0.25, 0.3) is 0 Å². The van der Waals surface area contributed by atoms with Gasteiger partial charge >= 0.3 is 11.9 Å². The van der Waals surface area contributed by atoms with Crippen molar-refractivity contribution in [2.45, 2.75) is 33.6 Å². The molecule has 0 atom stereocenters. The van der Waals surface area contributed by atoms with E-state index < -0.39 is 17.8 Å². The lowest BCUT2D eigenvalue weighted by atomic mass is 10.1. The van der Waals surface area contributed by atoms with Crippen LogP contribution in [-0.2, 0) is 14.3 Å². The SMILES string of the molecule is CCOC(=O)c1c(NC(=O)CCC(=O)O)sc(C)c1C. The lowest BCUT2D eigenvalue weighted by Gasteiger charge is -2.06. The Morgan fingerprint density at radius 1 is 1.25 bits per heavy atom. The first-order chi connectivity index (χ1) is 9.36. The van der Waals surface area contributed by atoms with E-state index >= 15 is 0 Å². The summed E-state index contributed by atoms with van der Waals surface area (Å²) in [5.74, 6) is -1.95. The minimum atomic E-state index is -1.04. The molecule has 0 fully saturated rings. The molecule has 0 radical (unpaired) electrons. The highest BCUT2D eigenvalue weighted by molar-refractivity contribution is 7.16. The maximum Gasteiger partial charge on any atom is 0.341 e. The van der Waals surface area contributed by atoms with E-state index in [1.807, 2.05) is 6.92 Å². The Balaban J connectivity index is 2.89. The van der Waals surface area contributed by atoms with Crippen LogP contribution in [0.5, 0.6) is 0 Å². The fraction of sp³-hybridized carbons (Fsp3) is 0.462. The van der Waals surface area contributed by atoms with Crippen LogP contribution >= 0.6 is 11.3 Å². The van der Waals surface area contributed by atoms with Crippen molar-refractivity contribution in [3.63, 3.8) is 0 Å². The molecule has 1 heterocycles. The molecule has 0 aliphatic rings. The number of amides is 1. The minimum absolute atomic E-state index is 0.131. The summed E-state index contributed by atoms with van der Waals surface area (Å²) in [6.07, 6.45) is -0.377. The summed E-state index contributed by atoms with van der Waals surface area (Å²) in [6, 6.07) is 0. The molecule has 1 aromatic heterocycles. The molecule has 110 valence electrons. The normalized spacial score (nSPS) is 10.2. The average molecular weight is 299 g/mol. The molecular formula is C13H17NO5S. The smallest absolute Gasteiger partial charge is 0.341 e. The Morgan fingerprint density at radius 2 is 1.90 bits per heavy atom. The summed E-state index contributed by atoms with van der Waals surface area (Å²) in [4.78, 5) is 34.9. The van der Waals surface area contributed by atoms with E-state index in [4.69, 9.17) is 9.84 Å². The van der Waals surface area contributed by atoms with Gasteiger partial charge in [-0.1, -0.05) is 0 Å². The maximum atomic E-state index is 11.9. The molecule has 0 saturated heterocycles. The van der Waals surface area contributed by atoms with Gasteiger partial charge in [-0.25, -0.2) is 4.79 Å². The number of rotatable bonds is 6. The molecule has 0 spiro atoms. The quantitative estimate of drug-likeness (QED) is 0.786. The van der Waals surface area contributed by atoms with Gasteiger partial charge in [0.1, 0.15) is 5.00 Å². The van der Waals surface area contributed by atoms with Crippen molar-refractivity contribution in [1.29, 1.82) is 0 Å². The molecule has 6 nitrogen and oxygen atoms in total. The van der Waals surface area contributed by atoms with E-state index in [1.165, 1.54) is 11.3 Å². The van der Waals surface area contributed by atoms with E-state index in [-0.39, 0.29) is 19.4 Å².